The van der Waals surface area contributed by atoms with Gasteiger partial charge >= 0.3 is 5.91 Å². The number of carbonyl (C=O) groups is 1. The molecule has 2 unspecified atom stereocenters. The van der Waals surface area contributed by atoms with E-state index in [2.05, 4.69) is 20.4 Å². The Morgan fingerprint density at radius 3 is 2.77 bits per heavy atom. The number of hydrogen-bond acceptors (Lipinski definition) is 8. The molecule has 1 aliphatic rings. The van der Waals surface area contributed by atoms with Gasteiger partial charge in [-0.15, -0.1) is 0 Å². The second-order valence-electron chi connectivity index (χ2n) is 10.9. The standard InChI is InChI=1S/C32H33N7O4/c1-5-23-15-21(10-12-38(23)32(42)30(41)20(3)40)25-11-13-39-29(25)31(33-17-35-39)36-22-6-9-28(19(2)14-22)43-24-7-8-27-26(16-24)34-18-37(27)4/h6-9,11-14,16-18,21,23H,5,10,15H2,1-4H3,(H2-,33,35,36,40,41,42)/p+1. The van der Waals surface area contributed by atoms with Gasteiger partial charge in [-0.1, -0.05) is 6.92 Å². The zero-order valence-electron chi connectivity index (χ0n) is 24.5. The van der Waals surface area contributed by atoms with Gasteiger partial charge in [0, 0.05) is 50.2 Å². The van der Waals surface area contributed by atoms with Crippen LogP contribution >= 0.6 is 0 Å². The largest absolute Gasteiger partial charge is 0.508 e. The Morgan fingerprint density at radius 2 is 2.00 bits per heavy atom. The van der Waals surface area contributed by atoms with Crippen molar-refractivity contribution in [3.63, 3.8) is 0 Å². The lowest BCUT2D eigenvalue weighted by molar-refractivity contribution is -0.490. The van der Waals surface area contributed by atoms with Crippen LogP contribution in [-0.4, -0.2) is 57.1 Å². The summed E-state index contributed by atoms with van der Waals surface area (Å²) in [6.07, 6.45) is 9.02. The fourth-order valence-corrected chi connectivity index (χ4v) is 5.76. The van der Waals surface area contributed by atoms with Gasteiger partial charge in [0.2, 0.25) is 0 Å². The molecule has 0 spiro atoms. The first kappa shape index (κ1) is 28.0. The Hall–Kier alpha value is -5.19. The minimum Gasteiger partial charge on any atom is -0.508 e. The van der Waals surface area contributed by atoms with Crippen molar-refractivity contribution in [3.05, 3.63) is 84.0 Å². The van der Waals surface area contributed by atoms with Gasteiger partial charge in [-0.05, 0) is 61.4 Å². The zero-order valence-corrected chi connectivity index (χ0v) is 24.5. The summed E-state index contributed by atoms with van der Waals surface area (Å²) in [4.78, 5) is 21.8. The van der Waals surface area contributed by atoms with Gasteiger partial charge in [0.15, 0.2) is 11.9 Å². The lowest BCUT2D eigenvalue weighted by Crippen LogP contribution is -2.38. The normalized spacial score (nSPS) is 17.5. The highest BCUT2D eigenvalue weighted by atomic mass is 16.5. The Bertz CT molecular complexity index is 1920. The monoisotopic (exact) mass is 580 g/mol. The number of imidazole rings is 1. The first-order valence-corrected chi connectivity index (χ1v) is 14.3. The molecule has 6 rings (SSSR count). The number of carbonyl (C=O) groups excluding carboxylic acids is 1. The first-order valence-electron chi connectivity index (χ1n) is 14.3. The van der Waals surface area contributed by atoms with Crippen molar-refractivity contribution in [2.75, 3.05) is 5.32 Å². The van der Waals surface area contributed by atoms with Crippen molar-refractivity contribution in [2.45, 2.75) is 52.0 Å². The van der Waals surface area contributed by atoms with Crippen molar-refractivity contribution in [2.24, 2.45) is 7.05 Å². The molecule has 0 fully saturated rings. The van der Waals surface area contributed by atoms with E-state index in [1.807, 2.05) is 84.9 Å². The summed E-state index contributed by atoms with van der Waals surface area (Å²) in [5, 5.41) is 27.6. The molecular formula is C32H34N7O4+. The van der Waals surface area contributed by atoms with Crippen LogP contribution in [0, 0.1) is 6.92 Å². The lowest BCUT2D eigenvalue weighted by Gasteiger charge is -2.24. The fraction of sp³-hybridized carbons (Fsp3) is 0.281. The number of rotatable bonds is 7. The van der Waals surface area contributed by atoms with Crippen LogP contribution in [0.25, 0.3) is 16.6 Å². The Kier molecular flexibility index (Phi) is 7.31. The summed E-state index contributed by atoms with van der Waals surface area (Å²) >= 11 is 0. The van der Waals surface area contributed by atoms with E-state index in [4.69, 9.17) is 4.74 Å². The van der Waals surface area contributed by atoms with Crippen LogP contribution in [0.1, 0.15) is 50.2 Å². The van der Waals surface area contributed by atoms with Gasteiger partial charge in [-0.25, -0.2) is 19.3 Å². The van der Waals surface area contributed by atoms with Crippen LogP contribution in [0.4, 0.5) is 11.5 Å². The number of nitrogens with zero attached hydrogens (tertiary/aromatic N) is 6. The number of anilines is 2. The number of aromatic nitrogens is 5. The molecule has 2 atom stereocenters. The summed E-state index contributed by atoms with van der Waals surface area (Å²) in [5.41, 5.74) is 5.68. The molecule has 1 amide bonds. The number of allylic oxidation sites excluding steroid dienone is 1. The van der Waals surface area contributed by atoms with Crippen LogP contribution in [0.15, 0.2) is 72.8 Å². The highest BCUT2D eigenvalue weighted by Gasteiger charge is 2.37. The number of amides is 1. The van der Waals surface area contributed by atoms with Crippen LogP contribution < -0.4 is 10.1 Å². The molecule has 0 radical (unpaired) electrons. The summed E-state index contributed by atoms with van der Waals surface area (Å²) in [5.74, 6) is 0.658. The average molecular weight is 581 g/mol. The molecule has 11 nitrogen and oxygen atoms in total. The summed E-state index contributed by atoms with van der Waals surface area (Å²) < 4.78 is 11.5. The summed E-state index contributed by atoms with van der Waals surface area (Å²) in [6.45, 7) is 5.31. The second kappa shape index (κ2) is 11.2. The SMILES string of the molecule is CCC1CC(c2ccn3ncnc(Nc4ccc(Oc5ccc6c(c5)ncn6C)c(C)c4)c23)CC=[N+]1C(=O)/C(O)=C(/C)O. The van der Waals surface area contributed by atoms with E-state index in [1.165, 1.54) is 13.3 Å². The average Bonchev–Trinajstić information content (AvgIpc) is 3.61. The number of ether oxygens (including phenoxy) is 1. The molecule has 0 bridgehead atoms. The third kappa shape index (κ3) is 5.29. The van der Waals surface area contributed by atoms with Crippen molar-refractivity contribution in [1.82, 2.24) is 24.1 Å². The van der Waals surface area contributed by atoms with E-state index in [1.54, 1.807) is 10.9 Å². The molecule has 3 N–H and O–H groups in total. The quantitative estimate of drug-likeness (QED) is 0.120. The summed E-state index contributed by atoms with van der Waals surface area (Å²) in [6, 6.07) is 13.7. The number of hydrogen-bond donors (Lipinski definition) is 3. The van der Waals surface area contributed by atoms with E-state index in [9.17, 15) is 15.0 Å². The maximum absolute atomic E-state index is 12.8. The maximum Gasteiger partial charge on any atom is 0.457 e. The smallest absolute Gasteiger partial charge is 0.457 e. The third-order valence-electron chi connectivity index (χ3n) is 8.07. The van der Waals surface area contributed by atoms with Crippen molar-refractivity contribution >= 4 is 40.2 Å². The maximum atomic E-state index is 12.8. The van der Waals surface area contributed by atoms with Gasteiger partial charge < -0.3 is 24.8 Å². The van der Waals surface area contributed by atoms with Gasteiger partial charge in [0.05, 0.1) is 17.4 Å². The number of benzene rings is 2. The van der Waals surface area contributed by atoms with Crippen molar-refractivity contribution in [3.8, 4) is 11.5 Å². The van der Waals surface area contributed by atoms with Crippen molar-refractivity contribution in [1.29, 1.82) is 0 Å². The highest BCUT2D eigenvalue weighted by molar-refractivity contribution is 5.87. The van der Waals surface area contributed by atoms with E-state index in [0.29, 0.717) is 25.1 Å². The number of nitrogens with one attached hydrogen (secondary N) is 1. The minimum atomic E-state index is -0.622. The molecule has 0 aliphatic carbocycles. The molecule has 1 aliphatic heterocycles. The van der Waals surface area contributed by atoms with E-state index in [-0.39, 0.29) is 17.7 Å². The minimum absolute atomic E-state index is 0.112. The van der Waals surface area contributed by atoms with Crippen LogP contribution in [-0.2, 0) is 11.8 Å². The zero-order chi connectivity index (χ0) is 30.2. The topological polar surface area (TPSA) is 130 Å². The Balaban J connectivity index is 1.25. The predicted molar refractivity (Wildman–Crippen MR) is 164 cm³/mol. The molecule has 43 heavy (non-hydrogen) atoms. The number of aliphatic hydroxyl groups is 2. The highest BCUT2D eigenvalue weighted by Crippen LogP contribution is 2.36. The number of aliphatic hydroxyl groups excluding tert-OH is 2. The van der Waals surface area contributed by atoms with E-state index < -0.39 is 11.7 Å². The molecule has 11 heteroatoms. The molecular weight excluding hydrogens is 546 g/mol. The van der Waals surface area contributed by atoms with Crippen LogP contribution in [0.5, 0.6) is 11.5 Å². The predicted octanol–water partition coefficient (Wildman–Crippen LogP) is 6.07. The first-order chi connectivity index (χ1) is 20.7. The molecule has 0 saturated carbocycles. The van der Waals surface area contributed by atoms with Crippen LogP contribution in [0.2, 0.25) is 0 Å². The molecule has 220 valence electrons. The fourth-order valence-electron chi connectivity index (χ4n) is 5.76. The molecule has 2 aromatic carbocycles. The Labute approximate surface area is 248 Å². The van der Waals surface area contributed by atoms with Gasteiger partial charge in [-0.2, -0.15) is 9.67 Å². The Morgan fingerprint density at radius 1 is 1.16 bits per heavy atom. The third-order valence-corrected chi connectivity index (χ3v) is 8.07. The number of aryl methyl sites for hydroxylation is 2. The molecule has 5 aromatic rings. The lowest BCUT2D eigenvalue weighted by atomic mass is 9.86. The summed E-state index contributed by atoms with van der Waals surface area (Å²) in [7, 11) is 1.96. The second-order valence-corrected chi connectivity index (χ2v) is 10.9. The van der Waals surface area contributed by atoms with Crippen molar-refractivity contribution < 1.29 is 24.3 Å². The van der Waals surface area contributed by atoms with E-state index in [0.717, 1.165) is 44.9 Å². The number of fused-ring (bicyclic) bond motifs is 2. The van der Waals surface area contributed by atoms with Gasteiger partial charge in [0.1, 0.15) is 35.3 Å². The molecule has 4 heterocycles. The van der Waals surface area contributed by atoms with Crippen LogP contribution in [0.3, 0.4) is 0 Å². The molecule has 0 saturated heterocycles. The van der Waals surface area contributed by atoms with E-state index >= 15 is 0 Å². The van der Waals surface area contributed by atoms with Gasteiger partial charge in [0.25, 0.3) is 5.76 Å². The van der Waals surface area contributed by atoms with Gasteiger partial charge in [-0.3, -0.25) is 0 Å². The molecule has 3 aromatic heterocycles.